The Kier molecular flexibility index (Phi) is 13.6. The third-order valence-corrected chi connectivity index (χ3v) is 4.36. The number of carbonyl (C=O) groups excluding carboxylic acids is 3. The molecule has 0 saturated heterocycles. The summed E-state index contributed by atoms with van der Waals surface area (Å²) < 4.78 is 0. The molecule has 0 aliphatic rings. The zero-order chi connectivity index (χ0) is 25.6. The van der Waals surface area contributed by atoms with Crippen molar-refractivity contribution in [3.63, 3.8) is 0 Å². The summed E-state index contributed by atoms with van der Waals surface area (Å²) in [4.78, 5) is 55.8. The standard InChI is InChI=1S/C18H36N10O5/c1-9(26-14(30)11(19)5-3-7-24-17(20)21)13(29)28-12(6-4-8-25-18(22)23)15(31)27-10(2)16(32)33/h9-12H,3-8,19H2,1-2H3,(H,26,30)(H,27,31)(H,28,29)(H,32,33)(H4,20,21,24)(H4,22,23,25). The molecule has 0 aromatic carbocycles. The molecule has 0 aromatic heterocycles. The molecular formula is C18H36N10O5. The summed E-state index contributed by atoms with van der Waals surface area (Å²) in [7, 11) is 0. The first-order valence-corrected chi connectivity index (χ1v) is 10.3. The molecule has 33 heavy (non-hydrogen) atoms. The van der Waals surface area contributed by atoms with Crippen molar-refractivity contribution in [2.45, 2.75) is 63.7 Å². The van der Waals surface area contributed by atoms with Crippen molar-refractivity contribution in [2.24, 2.45) is 38.7 Å². The van der Waals surface area contributed by atoms with E-state index in [0.717, 1.165) is 0 Å². The van der Waals surface area contributed by atoms with Crippen LogP contribution in [-0.4, -0.2) is 78.0 Å². The van der Waals surface area contributed by atoms with Gasteiger partial charge in [0.15, 0.2) is 11.9 Å². The maximum absolute atomic E-state index is 12.5. The number of guanidine groups is 2. The number of nitrogens with one attached hydrogen (secondary N) is 3. The second-order valence-corrected chi connectivity index (χ2v) is 7.36. The van der Waals surface area contributed by atoms with Gasteiger partial charge in [-0.1, -0.05) is 0 Å². The molecular weight excluding hydrogens is 436 g/mol. The van der Waals surface area contributed by atoms with E-state index in [1.807, 2.05) is 0 Å². The van der Waals surface area contributed by atoms with E-state index in [1.165, 1.54) is 13.8 Å². The van der Waals surface area contributed by atoms with Crippen LogP contribution in [0.1, 0.15) is 39.5 Å². The molecule has 0 fully saturated rings. The summed E-state index contributed by atoms with van der Waals surface area (Å²) in [6.07, 6.45) is 1.22. The predicted octanol–water partition coefficient (Wildman–Crippen LogP) is -4.00. The van der Waals surface area contributed by atoms with E-state index in [2.05, 4.69) is 25.9 Å². The Bertz CT molecular complexity index is 734. The van der Waals surface area contributed by atoms with Gasteiger partial charge in [-0.25, -0.2) is 0 Å². The lowest BCUT2D eigenvalue weighted by Crippen LogP contribution is -2.56. The average Bonchev–Trinajstić information content (AvgIpc) is 2.72. The number of nitrogens with two attached hydrogens (primary N) is 5. The highest BCUT2D eigenvalue weighted by Gasteiger charge is 2.27. The van der Waals surface area contributed by atoms with Crippen LogP contribution in [0.5, 0.6) is 0 Å². The summed E-state index contributed by atoms with van der Waals surface area (Å²) in [6, 6.07) is -4.12. The normalized spacial score (nSPS) is 14.0. The van der Waals surface area contributed by atoms with Crippen molar-refractivity contribution in [3.8, 4) is 0 Å². The van der Waals surface area contributed by atoms with Crippen LogP contribution >= 0.6 is 0 Å². The van der Waals surface area contributed by atoms with Gasteiger partial charge in [0.05, 0.1) is 6.04 Å². The van der Waals surface area contributed by atoms with Crippen LogP contribution < -0.4 is 44.6 Å². The zero-order valence-corrected chi connectivity index (χ0v) is 18.9. The Hall–Kier alpha value is -3.62. The second kappa shape index (κ2) is 15.2. The summed E-state index contributed by atoms with van der Waals surface area (Å²) >= 11 is 0. The van der Waals surface area contributed by atoms with Crippen molar-refractivity contribution in [2.75, 3.05) is 13.1 Å². The molecule has 15 nitrogen and oxygen atoms in total. The number of aliphatic imine (C=N–C) groups is 2. The average molecular weight is 473 g/mol. The van der Waals surface area contributed by atoms with Gasteiger partial charge in [-0.05, 0) is 39.5 Å². The Balaban J connectivity index is 4.92. The molecule has 0 aromatic rings. The summed E-state index contributed by atoms with van der Waals surface area (Å²) in [5.74, 6) is -3.32. The van der Waals surface area contributed by atoms with Crippen LogP contribution in [0.3, 0.4) is 0 Å². The van der Waals surface area contributed by atoms with E-state index in [9.17, 15) is 19.2 Å². The molecule has 4 atom stereocenters. The number of hydrogen-bond donors (Lipinski definition) is 9. The SMILES string of the molecule is CC(NC(=O)C(CCCN=C(N)N)NC(=O)C(C)NC(=O)C(N)CCCN=C(N)N)C(=O)O. The van der Waals surface area contributed by atoms with Crippen LogP contribution in [0.25, 0.3) is 0 Å². The fourth-order valence-electron chi connectivity index (χ4n) is 2.48. The van der Waals surface area contributed by atoms with Crippen LogP contribution in [0.2, 0.25) is 0 Å². The van der Waals surface area contributed by atoms with E-state index in [-0.39, 0.29) is 24.9 Å². The molecule has 15 heteroatoms. The lowest BCUT2D eigenvalue weighted by atomic mass is 10.1. The summed E-state index contributed by atoms with van der Waals surface area (Å²) in [5.41, 5.74) is 26.8. The number of carboxylic acid groups (broad SMARTS) is 1. The molecule has 0 spiro atoms. The number of rotatable bonds is 15. The largest absolute Gasteiger partial charge is 0.480 e. The van der Waals surface area contributed by atoms with E-state index in [4.69, 9.17) is 33.8 Å². The van der Waals surface area contributed by atoms with Gasteiger partial charge in [-0.2, -0.15) is 0 Å². The quantitative estimate of drug-likeness (QED) is 0.0632. The van der Waals surface area contributed by atoms with Gasteiger partial charge in [0.25, 0.3) is 0 Å². The van der Waals surface area contributed by atoms with Crippen LogP contribution in [0.15, 0.2) is 9.98 Å². The van der Waals surface area contributed by atoms with Crippen molar-refractivity contribution in [1.82, 2.24) is 16.0 Å². The second-order valence-electron chi connectivity index (χ2n) is 7.36. The highest BCUT2D eigenvalue weighted by molar-refractivity contribution is 5.93. The van der Waals surface area contributed by atoms with E-state index >= 15 is 0 Å². The molecule has 3 amide bonds. The van der Waals surface area contributed by atoms with Gasteiger partial charge in [0.1, 0.15) is 18.1 Å². The Morgan fingerprint density at radius 3 is 1.73 bits per heavy atom. The maximum atomic E-state index is 12.5. The lowest BCUT2D eigenvalue weighted by Gasteiger charge is -2.23. The fourth-order valence-corrected chi connectivity index (χ4v) is 2.48. The van der Waals surface area contributed by atoms with Crippen molar-refractivity contribution in [1.29, 1.82) is 0 Å². The molecule has 0 radical (unpaired) electrons. The van der Waals surface area contributed by atoms with Crippen LogP contribution in [-0.2, 0) is 19.2 Å². The van der Waals surface area contributed by atoms with E-state index < -0.39 is 47.9 Å². The number of amides is 3. The first-order valence-electron chi connectivity index (χ1n) is 10.3. The Morgan fingerprint density at radius 1 is 0.758 bits per heavy atom. The lowest BCUT2D eigenvalue weighted by molar-refractivity contribution is -0.141. The molecule has 0 aliphatic carbocycles. The van der Waals surface area contributed by atoms with Crippen molar-refractivity contribution >= 4 is 35.6 Å². The van der Waals surface area contributed by atoms with Gasteiger partial charge < -0.3 is 49.7 Å². The van der Waals surface area contributed by atoms with Crippen LogP contribution in [0, 0.1) is 0 Å². The zero-order valence-electron chi connectivity index (χ0n) is 18.9. The molecule has 4 unspecified atom stereocenters. The molecule has 188 valence electrons. The van der Waals surface area contributed by atoms with Gasteiger partial charge in [0, 0.05) is 13.1 Å². The van der Waals surface area contributed by atoms with Gasteiger partial charge in [-0.3, -0.25) is 29.2 Å². The topological polar surface area (TPSA) is 279 Å². The molecule has 0 bridgehead atoms. The number of hydrogen-bond acceptors (Lipinski definition) is 7. The number of nitrogens with zero attached hydrogens (tertiary/aromatic N) is 2. The first kappa shape index (κ1) is 29.4. The number of aliphatic carboxylic acids is 1. The molecule has 0 rings (SSSR count). The van der Waals surface area contributed by atoms with E-state index in [0.29, 0.717) is 25.8 Å². The van der Waals surface area contributed by atoms with Gasteiger partial charge >= 0.3 is 5.97 Å². The van der Waals surface area contributed by atoms with E-state index in [1.54, 1.807) is 0 Å². The molecule has 0 heterocycles. The van der Waals surface area contributed by atoms with Crippen molar-refractivity contribution in [3.05, 3.63) is 0 Å². The first-order chi connectivity index (χ1) is 15.3. The minimum absolute atomic E-state index is 0.0621. The predicted molar refractivity (Wildman–Crippen MR) is 123 cm³/mol. The minimum Gasteiger partial charge on any atom is -0.480 e. The monoisotopic (exact) mass is 472 g/mol. The molecule has 0 aliphatic heterocycles. The van der Waals surface area contributed by atoms with Crippen molar-refractivity contribution < 1.29 is 24.3 Å². The third-order valence-electron chi connectivity index (χ3n) is 4.36. The minimum atomic E-state index is -1.23. The smallest absolute Gasteiger partial charge is 0.325 e. The van der Waals surface area contributed by atoms with Gasteiger partial charge in [-0.15, -0.1) is 0 Å². The summed E-state index contributed by atoms with van der Waals surface area (Å²) in [6.45, 7) is 3.23. The van der Waals surface area contributed by atoms with Gasteiger partial charge in [0.2, 0.25) is 17.7 Å². The van der Waals surface area contributed by atoms with Crippen LogP contribution in [0.4, 0.5) is 0 Å². The highest BCUT2D eigenvalue weighted by Crippen LogP contribution is 2.02. The third kappa shape index (κ3) is 13.4. The molecule has 0 saturated carbocycles. The number of carbonyl (C=O) groups is 4. The molecule has 14 N–H and O–H groups in total. The maximum Gasteiger partial charge on any atom is 0.325 e. The highest BCUT2D eigenvalue weighted by atomic mass is 16.4. The Labute approximate surface area is 192 Å². The number of carboxylic acids is 1. The summed E-state index contributed by atoms with van der Waals surface area (Å²) in [5, 5.41) is 16.3. The Morgan fingerprint density at radius 2 is 1.24 bits per heavy atom. The fraction of sp³-hybridized carbons (Fsp3) is 0.667.